The molecule has 0 atom stereocenters. The predicted octanol–water partition coefficient (Wildman–Crippen LogP) is 4.43. The van der Waals surface area contributed by atoms with E-state index in [2.05, 4.69) is 15.6 Å². The van der Waals surface area contributed by atoms with Crippen LogP contribution in [0.1, 0.15) is 21.7 Å². The fraction of sp³-hybridized carbons (Fsp3) is 0.125. The van der Waals surface area contributed by atoms with Crippen molar-refractivity contribution in [2.24, 2.45) is 0 Å². The first-order valence-corrected chi connectivity index (χ1v) is 11.0. The lowest BCUT2D eigenvalue weighted by atomic mass is 10.2. The van der Waals surface area contributed by atoms with Gasteiger partial charge in [0.25, 0.3) is 5.91 Å². The zero-order valence-corrected chi connectivity index (χ0v) is 18.3. The highest BCUT2D eigenvalue weighted by molar-refractivity contribution is 7.99. The molecule has 2 N–H and O–H groups in total. The molecule has 2 heterocycles. The van der Waals surface area contributed by atoms with Crippen molar-refractivity contribution in [2.75, 3.05) is 11.1 Å². The second-order valence-corrected chi connectivity index (χ2v) is 8.04. The average Bonchev–Trinajstić information content (AvgIpc) is 3.48. The smallest absolute Gasteiger partial charge is 0.251 e. The Hall–Kier alpha value is -3.78. The lowest BCUT2D eigenvalue weighted by Gasteiger charge is -2.09. The third-order valence-corrected chi connectivity index (χ3v) is 5.62. The van der Waals surface area contributed by atoms with E-state index in [-0.39, 0.29) is 17.6 Å². The SMILES string of the molecule is Cc1cccc(NC(=O)CSc2nccn2-c2ccc(C(=O)NCc3ccco3)cc2)c1. The van der Waals surface area contributed by atoms with Crippen LogP contribution in [0.5, 0.6) is 0 Å². The molecule has 0 aliphatic rings. The quantitative estimate of drug-likeness (QED) is 0.391. The largest absolute Gasteiger partial charge is 0.467 e. The van der Waals surface area contributed by atoms with Gasteiger partial charge < -0.3 is 15.1 Å². The van der Waals surface area contributed by atoms with Crippen molar-refractivity contribution in [2.45, 2.75) is 18.6 Å². The number of nitrogens with zero attached hydrogens (tertiary/aromatic N) is 2. The molecule has 0 spiro atoms. The van der Waals surface area contributed by atoms with Gasteiger partial charge in [-0.15, -0.1) is 0 Å². The lowest BCUT2D eigenvalue weighted by Crippen LogP contribution is -2.22. The lowest BCUT2D eigenvalue weighted by molar-refractivity contribution is -0.113. The van der Waals surface area contributed by atoms with E-state index in [1.54, 1.807) is 30.7 Å². The Morgan fingerprint density at radius 1 is 1.09 bits per heavy atom. The van der Waals surface area contributed by atoms with Crippen molar-refractivity contribution in [3.8, 4) is 5.69 Å². The molecule has 4 aromatic rings. The number of imidazole rings is 1. The summed E-state index contributed by atoms with van der Waals surface area (Å²) in [6.45, 7) is 2.32. The van der Waals surface area contributed by atoms with Crippen molar-refractivity contribution < 1.29 is 14.0 Å². The van der Waals surface area contributed by atoms with Crippen LogP contribution in [-0.2, 0) is 11.3 Å². The number of hydrogen-bond donors (Lipinski definition) is 2. The molecular formula is C24H22N4O3S. The second-order valence-electron chi connectivity index (χ2n) is 7.10. The van der Waals surface area contributed by atoms with Crippen molar-refractivity contribution in [3.05, 3.63) is 96.2 Å². The maximum Gasteiger partial charge on any atom is 0.251 e. The fourth-order valence-corrected chi connectivity index (χ4v) is 3.87. The Bertz CT molecular complexity index is 1200. The summed E-state index contributed by atoms with van der Waals surface area (Å²) in [5, 5.41) is 6.42. The fourth-order valence-electron chi connectivity index (χ4n) is 3.10. The van der Waals surface area contributed by atoms with Gasteiger partial charge in [0.2, 0.25) is 5.91 Å². The van der Waals surface area contributed by atoms with Crippen LogP contribution in [0.4, 0.5) is 5.69 Å². The summed E-state index contributed by atoms with van der Waals surface area (Å²) in [4.78, 5) is 29.0. The number of carbonyl (C=O) groups is 2. The molecule has 0 aliphatic heterocycles. The Balaban J connectivity index is 1.35. The van der Waals surface area contributed by atoms with Gasteiger partial charge in [-0.1, -0.05) is 23.9 Å². The van der Waals surface area contributed by atoms with E-state index in [1.165, 1.54) is 11.8 Å². The molecule has 0 saturated heterocycles. The van der Waals surface area contributed by atoms with Gasteiger partial charge in [-0.2, -0.15) is 0 Å². The van der Waals surface area contributed by atoms with Crippen molar-refractivity contribution in [3.63, 3.8) is 0 Å². The molecule has 32 heavy (non-hydrogen) atoms. The van der Waals surface area contributed by atoms with E-state index >= 15 is 0 Å². The van der Waals surface area contributed by atoms with Gasteiger partial charge in [0.05, 0.1) is 18.6 Å². The van der Waals surface area contributed by atoms with Crippen LogP contribution in [-0.4, -0.2) is 27.1 Å². The summed E-state index contributed by atoms with van der Waals surface area (Å²) >= 11 is 1.35. The zero-order chi connectivity index (χ0) is 22.3. The highest BCUT2D eigenvalue weighted by atomic mass is 32.2. The number of aromatic nitrogens is 2. The van der Waals surface area contributed by atoms with E-state index in [0.717, 1.165) is 16.9 Å². The van der Waals surface area contributed by atoms with Gasteiger partial charge in [0, 0.05) is 29.3 Å². The van der Waals surface area contributed by atoms with Gasteiger partial charge >= 0.3 is 0 Å². The molecule has 2 aromatic carbocycles. The van der Waals surface area contributed by atoms with Crippen LogP contribution >= 0.6 is 11.8 Å². The maximum atomic E-state index is 12.3. The standard InChI is InChI=1S/C24H22N4O3S/c1-17-4-2-5-19(14-17)27-22(29)16-32-24-25-11-12-28(24)20-9-7-18(8-10-20)23(30)26-15-21-6-3-13-31-21/h2-14H,15-16H2,1H3,(H,26,30)(H,27,29). The number of rotatable bonds is 8. The minimum Gasteiger partial charge on any atom is -0.467 e. The number of carbonyl (C=O) groups excluding carboxylic acids is 2. The van der Waals surface area contributed by atoms with Gasteiger partial charge in [0.15, 0.2) is 5.16 Å². The molecule has 0 radical (unpaired) electrons. The summed E-state index contributed by atoms with van der Waals surface area (Å²) in [5.41, 5.74) is 3.27. The number of aryl methyl sites for hydroxylation is 1. The molecule has 8 heteroatoms. The van der Waals surface area contributed by atoms with E-state index in [4.69, 9.17) is 4.42 Å². The highest BCUT2D eigenvalue weighted by Crippen LogP contribution is 2.21. The summed E-state index contributed by atoms with van der Waals surface area (Å²) in [6.07, 6.45) is 5.08. The van der Waals surface area contributed by atoms with E-state index in [1.807, 2.05) is 60.2 Å². The minimum absolute atomic E-state index is 0.0984. The number of furan rings is 1. The third kappa shape index (κ3) is 5.47. The molecule has 0 aliphatic carbocycles. The van der Waals surface area contributed by atoms with E-state index in [0.29, 0.717) is 23.0 Å². The normalized spacial score (nSPS) is 10.7. The van der Waals surface area contributed by atoms with E-state index in [9.17, 15) is 9.59 Å². The number of thioether (sulfide) groups is 1. The molecule has 0 saturated carbocycles. The number of anilines is 1. The summed E-state index contributed by atoms with van der Waals surface area (Å²) in [7, 11) is 0. The number of nitrogens with one attached hydrogen (secondary N) is 2. The summed E-state index contributed by atoms with van der Waals surface area (Å²) in [6, 6.07) is 18.5. The van der Waals surface area contributed by atoms with Crippen LogP contribution in [0.3, 0.4) is 0 Å². The molecule has 7 nitrogen and oxygen atoms in total. The summed E-state index contributed by atoms with van der Waals surface area (Å²) in [5.74, 6) is 0.652. The van der Waals surface area contributed by atoms with Gasteiger partial charge in [0.1, 0.15) is 5.76 Å². The zero-order valence-electron chi connectivity index (χ0n) is 17.4. The van der Waals surface area contributed by atoms with E-state index < -0.39 is 0 Å². The minimum atomic E-state index is -0.180. The van der Waals surface area contributed by atoms with Crippen LogP contribution in [0.25, 0.3) is 5.69 Å². The highest BCUT2D eigenvalue weighted by Gasteiger charge is 2.11. The molecular weight excluding hydrogens is 424 g/mol. The topological polar surface area (TPSA) is 89.2 Å². The molecule has 0 bridgehead atoms. The first-order valence-electron chi connectivity index (χ1n) is 10.0. The van der Waals surface area contributed by atoms with Crippen molar-refractivity contribution in [1.82, 2.24) is 14.9 Å². The monoisotopic (exact) mass is 446 g/mol. The summed E-state index contributed by atoms with van der Waals surface area (Å²) < 4.78 is 7.11. The Morgan fingerprint density at radius 2 is 1.94 bits per heavy atom. The maximum absolute atomic E-state index is 12.3. The Morgan fingerprint density at radius 3 is 2.69 bits per heavy atom. The number of benzene rings is 2. The van der Waals surface area contributed by atoms with Crippen LogP contribution in [0.2, 0.25) is 0 Å². The van der Waals surface area contributed by atoms with Crippen molar-refractivity contribution >= 4 is 29.3 Å². The molecule has 2 aromatic heterocycles. The first-order chi connectivity index (χ1) is 15.6. The Labute approximate surface area is 189 Å². The molecule has 0 unspecified atom stereocenters. The van der Waals surface area contributed by atoms with Gasteiger partial charge in [-0.25, -0.2) is 4.98 Å². The van der Waals surface area contributed by atoms with Crippen molar-refractivity contribution in [1.29, 1.82) is 0 Å². The Kier molecular flexibility index (Phi) is 6.72. The molecule has 2 amide bonds. The molecule has 4 rings (SSSR count). The molecule has 162 valence electrons. The van der Waals surface area contributed by atoms with Crippen LogP contribution in [0, 0.1) is 6.92 Å². The number of amides is 2. The predicted molar refractivity (Wildman–Crippen MR) is 124 cm³/mol. The van der Waals surface area contributed by atoms with Gasteiger partial charge in [-0.3, -0.25) is 14.2 Å². The molecule has 0 fully saturated rings. The third-order valence-electron chi connectivity index (χ3n) is 4.65. The second kappa shape index (κ2) is 10.0. The average molecular weight is 447 g/mol. The van der Waals surface area contributed by atoms with Gasteiger partial charge in [-0.05, 0) is 61.0 Å². The van der Waals surface area contributed by atoms with Crippen LogP contribution in [0.15, 0.2) is 88.9 Å². The number of hydrogen-bond acceptors (Lipinski definition) is 5. The van der Waals surface area contributed by atoms with Crippen LogP contribution < -0.4 is 10.6 Å². The first kappa shape index (κ1) is 21.5.